The Morgan fingerprint density at radius 2 is 1.93 bits per heavy atom. The van der Waals surface area contributed by atoms with Crippen molar-refractivity contribution in [2.45, 2.75) is 43.9 Å². The van der Waals surface area contributed by atoms with E-state index in [4.69, 9.17) is 0 Å². The molecule has 3 aliphatic heterocycles. The van der Waals surface area contributed by atoms with Crippen molar-refractivity contribution in [1.82, 2.24) is 13.9 Å². The number of carbonyl (C=O) groups is 2. The molecule has 1 saturated heterocycles. The van der Waals surface area contributed by atoms with Gasteiger partial charge in [-0.15, -0.1) is 0 Å². The summed E-state index contributed by atoms with van der Waals surface area (Å²) in [5, 5.41) is 27.0. The molecule has 0 saturated carbocycles. The van der Waals surface area contributed by atoms with Gasteiger partial charge in [0, 0.05) is 23.5 Å². The summed E-state index contributed by atoms with van der Waals surface area (Å²) >= 11 is 0. The second kappa shape index (κ2) is 10.2. The van der Waals surface area contributed by atoms with E-state index in [2.05, 4.69) is 5.10 Å². The third-order valence-corrected chi connectivity index (χ3v) is 10.1. The molecule has 1 aromatic heterocycles. The number of carboxylic acids is 1. The van der Waals surface area contributed by atoms with E-state index in [1.54, 1.807) is 19.1 Å². The maximum absolute atomic E-state index is 14.0. The number of sulfonamides is 1. The first-order chi connectivity index (χ1) is 20.0. The van der Waals surface area contributed by atoms with Crippen LogP contribution in [0.3, 0.4) is 0 Å². The standard InChI is InChI=1S/C30H31N5O6S/c1-18-23(28(30(38)39)35-27(18)25(19(2)36)29(35)37)16-34-31-26(21-7-5-4-6-8-21)22-15-20(9-10-24(22)42(34,40)41)11-12-33-14-13-32(3)17-33/h4-10,13-15,17-19,25,27,36H,11-12,16H2,1-3H3/t18-,19+,25+,27+/m0/s1. The van der Waals surface area contributed by atoms with Gasteiger partial charge in [-0.1, -0.05) is 43.3 Å². The molecule has 6 rings (SSSR count). The van der Waals surface area contributed by atoms with Gasteiger partial charge in [-0.05, 0) is 30.2 Å². The van der Waals surface area contributed by atoms with E-state index in [0.717, 1.165) is 14.9 Å². The van der Waals surface area contributed by atoms with Crippen LogP contribution in [0.25, 0.3) is 0 Å². The number of fused-ring (bicyclic) bond motifs is 2. The molecule has 0 bridgehead atoms. The van der Waals surface area contributed by atoms with Crippen LogP contribution in [0.5, 0.6) is 0 Å². The van der Waals surface area contributed by atoms with Crippen molar-refractivity contribution in [1.29, 1.82) is 0 Å². The van der Waals surface area contributed by atoms with Crippen molar-refractivity contribution in [2.24, 2.45) is 24.0 Å². The van der Waals surface area contributed by atoms with Gasteiger partial charge in [0.05, 0.1) is 54.8 Å². The highest BCUT2D eigenvalue weighted by molar-refractivity contribution is 7.89. The third-order valence-electron chi connectivity index (χ3n) is 8.41. The number of amides is 1. The molecule has 3 aromatic rings. The lowest BCUT2D eigenvalue weighted by Crippen LogP contribution is -2.64. The fraction of sp³-hybridized carbons (Fsp3) is 0.333. The van der Waals surface area contributed by atoms with Gasteiger partial charge in [0.2, 0.25) is 12.2 Å². The number of aromatic nitrogens is 2. The number of carbonyl (C=O) groups excluding carboxylic acids is 2. The van der Waals surface area contributed by atoms with Crippen molar-refractivity contribution in [3.05, 3.63) is 95.2 Å². The lowest BCUT2D eigenvalue weighted by atomic mass is 9.78. The van der Waals surface area contributed by atoms with Crippen molar-refractivity contribution >= 4 is 27.6 Å². The quantitative estimate of drug-likeness (QED) is 0.294. The Kier molecular flexibility index (Phi) is 6.77. The average molecular weight is 590 g/mol. The number of aliphatic carboxylic acids is 1. The summed E-state index contributed by atoms with van der Waals surface area (Å²) < 4.78 is 32.8. The number of hydrazone groups is 1. The largest absolute Gasteiger partial charge is 0.543 e. The molecule has 42 heavy (non-hydrogen) atoms. The van der Waals surface area contributed by atoms with Crippen LogP contribution in [0.1, 0.15) is 30.5 Å². The van der Waals surface area contributed by atoms with Crippen molar-refractivity contribution in [2.75, 3.05) is 6.54 Å². The minimum atomic E-state index is -4.19. The number of nitrogens with zero attached hydrogens (tertiary/aromatic N) is 5. The van der Waals surface area contributed by atoms with E-state index < -0.39 is 45.9 Å². The van der Waals surface area contributed by atoms with E-state index in [0.29, 0.717) is 29.8 Å². The zero-order valence-corrected chi connectivity index (χ0v) is 24.2. The van der Waals surface area contributed by atoms with E-state index in [-0.39, 0.29) is 22.7 Å². The van der Waals surface area contributed by atoms with Crippen molar-refractivity contribution in [3.8, 4) is 0 Å². The fourth-order valence-electron chi connectivity index (χ4n) is 6.29. The lowest BCUT2D eigenvalue weighted by molar-refractivity contribution is -0.671. The topological polar surface area (TPSA) is 139 Å². The number of imidazole rings is 1. The Morgan fingerprint density at radius 1 is 1.19 bits per heavy atom. The Bertz CT molecular complexity index is 1760. The monoisotopic (exact) mass is 589 g/mol. The van der Waals surface area contributed by atoms with Crippen LogP contribution in [0.15, 0.2) is 88.5 Å². The minimum Gasteiger partial charge on any atom is -0.543 e. The van der Waals surface area contributed by atoms with Crippen molar-refractivity contribution < 1.29 is 32.8 Å². The molecule has 1 amide bonds. The normalized spacial score (nSPS) is 23.3. The number of β-lactam (4-membered cyclic amide) rings is 1. The zero-order valence-electron chi connectivity index (χ0n) is 23.4. The van der Waals surface area contributed by atoms with E-state index in [1.807, 2.05) is 71.3 Å². The molecule has 0 aliphatic carbocycles. The molecule has 4 heterocycles. The van der Waals surface area contributed by atoms with E-state index in [1.165, 1.54) is 6.92 Å². The van der Waals surface area contributed by atoms with Gasteiger partial charge < -0.3 is 19.9 Å². The highest BCUT2D eigenvalue weighted by Crippen LogP contribution is 2.47. The molecule has 1 N–H and O–H groups in total. The molecule has 0 spiro atoms. The van der Waals surface area contributed by atoms with E-state index in [9.17, 15) is 28.2 Å². The molecule has 0 radical (unpaired) electrons. The number of hydrogen-bond donors (Lipinski definition) is 1. The molecule has 0 unspecified atom stereocenters. The molecule has 1 fully saturated rings. The summed E-state index contributed by atoms with van der Waals surface area (Å²) in [5.41, 5.74) is 2.43. The summed E-state index contributed by atoms with van der Waals surface area (Å²) in [5.74, 6) is -3.39. The molecular weight excluding hydrogens is 558 g/mol. The number of carboxylic acid groups (broad SMARTS) is 1. The summed E-state index contributed by atoms with van der Waals surface area (Å²) in [6.45, 7) is 3.55. The smallest absolute Gasteiger partial charge is 0.280 e. The van der Waals surface area contributed by atoms with Gasteiger partial charge in [-0.2, -0.15) is 17.9 Å². The molecule has 4 atom stereocenters. The summed E-state index contributed by atoms with van der Waals surface area (Å²) in [7, 11) is -2.24. The number of aliphatic hydroxyl groups excluding tert-OH is 1. The summed E-state index contributed by atoms with van der Waals surface area (Å²) in [6, 6.07) is 13.8. The predicted octanol–water partition coefficient (Wildman–Crippen LogP) is 0.174. The first-order valence-corrected chi connectivity index (χ1v) is 15.2. The van der Waals surface area contributed by atoms with Crippen LogP contribution < -0.4 is 9.67 Å². The van der Waals surface area contributed by atoms with Crippen LogP contribution >= 0.6 is 0 Å². The molecule has 2 aromatic carbocycles. The molecule has 12 heteroatoms. The minimum absolute atomic E-state index is 0.0647. The van der Waals surface area contributed by atoms with Crippen LogP contribution in [-0.2, 0) is 39.6 Å². The Morgan fingerprint density at radius 3 is 2.57 bits per heavy atom. The maximum atomic E-state index is 14.0. The zero-order chi connectivity index (χ0) is 29.9. The van der Waals surface area contributed by atoms with Crippen LogP contribution in [0.2, 0.25) is 0 Å². The lowest BCUT2D eigenvalue weighted by Gasteiger charge is -2.47. The number of hydrogen-bond acceptors (Lipinski definition) is 7. The summed E-state index contributed by atoms with van der Waals surface area (Å²) in [4.78, 5) is 26.2. The van der Waals surface area contributed by atoms with E-state index >= 15 is 0 Å². The highest BCUT2D eigenvalue weighted by Gasteiger charge is 2.59. The molecular formula is C30H31N5O6S. The third kappa shape index (κ3) is 4.42. The Hall–Kier alpha value is -4.29. The summed E-state index contributed by atoms with van der Waals surface area (Å²) in [6.07, 6.45) is 5.58. The SMILES string of the molecule is C[C@@H](O)[C@H]1C(=O)N2C(C(=O)[O-])=C(CN3N=C(c4ccccc4)c4cc(CCn5cc[n+](C)c5)ccc4S3(=O)=O)[C@H](C)[C@H]12. The number of benzene rings is 2. The first-order valence-electron chi connectivity index (χ1n) is 13.8. The van der Waals surface area contributed by atoms with Crippen LogP contribution in [0, 0.1) is 11.8 Å². The van der Waals surface area contributed by atoms with Gasteiger partial charge in [0.1, 0.15) is 18.1 Å². The number of rotatable bonds is 8. The number of aliphatic hydroxyl groups is 1. The second-order valence-corrected chi connectivity index (χ2v) is 12.9. The molecule has 218 valence electrons. The fourth-order valence-corrected chi connectivity index (χ4v) is 7.68. The van der Waals surface area contributed by atoms with Gasteiger partial charge in [0.25, 0.3) is 10.0 Å². The van der Waals surface area contributed by atoms with Crippen LogP contribution in [0.4, 0.5) is 0 Å². The molecule has 3 aliphatic rings. The Balaban J connectivity index is 1.40. The van der Waals surface area contributed by atoms with Gasteiger partial charge >= 0.3 is 0 Å². The van der Waals surface area contributed by atoms with Crippen LogP contribution in [-0.4, -0.2) is 63.7 Å². The van der Waals surface area contributed by atoms with Gasteiger partial charge in [0.15, 0.2) is 0 Å². The van der Waals surface area contributed by atoms with Gasteiger partial charge in [-0.3, -0.25) is 4.79 Å². The van der Waals surface area contributed by atoms with Crippen molar-refractivity contribution in [3.63, 3.8) is 0 Å². The molecule has 11 nitrogen and oxygen atoms in total. The van der Waals surface area contributed by atoms with Gasteiger partial charge in [-0.25, -0.2) is 9.13 Å². The Labute approximate surface area is 243 Å². The average Bonchev–Trinajstić information content (AvgIpc) is 3.47. The number of aryl methyl sites for hydroxylation is 3. The maximum Gasteiger partial charge on any atom is 0.280 e. The first kappa shape index (κ1) is 27.9. The predicted molar refractivity (Wildman–Crippen MR) is 149 cm³/mol. The second-order valence-electron chi connectivity index (χ2n) is 11.1. The highest BCUT2D eigenvalue weighted by atomic mass is 32.2.